The van der Waals surface area contributed by atoms with Gasteiger partial charge in [-0.2, -0.15) is 0 Å². The van der Waals surface area contributed by atoms with Gasteiger partial charge in [-0.05, 0) is 13.8 Å². The summed E-state index contributed by atoms with van der Waals surface area (Å²) in [7, 11) is 0. The molecule has 0 aromatic heterocycles. The van der Waals surface area contributed by atoms with Crippen molar-refractivity contribution in [2.75, 3.05) is 26.2 Å². The lowest BCUT2D eigenvalue weighted by Crippen LogP contribution is -2.59. The van der Waals surface area contributed by atoms with E-state index in [0.717, 1.165) is 19.6 Å². The molecule has 0 spiro atoms. The predicted molar refractivity (Wildman–Crippen MR) is 59.8 cm³/mol. The first-order valence-corrected chi connectivity index (χ1v) is 5.78. The monoisotopic (exact) mass is 225 g/mol. The summed E-state index contributed by atoms with van der Waals surface area (Å²) in [6, 6.07) is 0. The second-order valence-electron chi connectivity index (χ2n) is 5.28. The van der Waals surface area contributed by atoms with Crippen molar-refractivity contribution in [3.63, 3.8) is 0 Å². The Kier molecular flexibility index (Phi) is 2.88. The number of hydrogen-bond acceptors (Lipinski definition) is 3. The second-order valence-corrected chi connectivity index (χ2v) is 5.28. The molecule has 0 aromatic rings. The molecule has 2 saturated heterocycles. The summed E-state index contributed by atoms with van der Waals surface area (Å²) in [5, 5.41) is 6.07. The predicted octanol–water partition coefficient (Wildman–Crippen LogP) is -0.667. The van der Waals surface area contributed by atoms with Gasteiger partial charge in [0, 0.05) is 38.1 Å². The quantitative estimate of drug-likeness (QED) is 0.622. The molecule has 5 heteroatoms. The molecule has 0 aliphatic carbocycles. The summed E-state index contributed by atoms with van der Waals surface area (Å²) in [6.45, 7) is 6.97. The third-order valence-corrected chi connectivity index (χ3v) is 3.21. The van der Waals surface area contributed by atoms with Gasteiger partial charge in [0.1, 0.15) is 0 Å². The van der Waals surface area contributed by atoms with E-state index in [4.69, 9.17) is 0 Å². The number of hydrogen-bond donors (Lipinski definition) is 2. The van der Waals surface area contributed by atoms with Crippen molar-refractivity contribution in [3.05, 3.63) is 0 Å². The summed E-state index contributed by atoms with van der Waals surface area (Å²) in [6.07, 6.45) is 0.350. The Labute approximate surface area is 95.6 Å². The maximum atomic E-state index is 12.1. The lowest BCUT2D eigenvalue weighted by Gasteiger charge is -2.40. The van der Waals surface area contributed by atoms with E-state index in [2.05, 4.69) is 24.5 Å². The summed E-state index contributed by atoms with van der Waals surface area (Å²) in [5.74, 6) is -0.0398. The molecule has 2 rings (SSSR count). The van der Waals surface area contributed by atoms with Gasteiger partial charge in [-0.1, -0.05) is 0 Å². The number of nitrogens with one attached hydrogen (secondary N) is 2. The van der Waals surface area contributed by atoms with E-state index < -0.39 is 0 Å². The van der Waals surface area contributed by atoms with E-state index >= 15 is 0 Å². The van der Waals surface area contributed by atoms with Gasteiger partial charge in [0.2, 0.25) is 11.8 Å². The van der Waals surface area contributed by atoms with E-state index in [1.807, 2.05) is 4.90 Å². The Morgan fingerprint density at radius 2 is 2.25 bits per heavy atom. The van der Waals surface area contributed by atoms with Crippen molar-refractivity contribution in [2.24, 2.45) is 5.92 Å². The van der Waals surface area contributed by atoms with Crippen LogP contribution in [-0.2, 0) is 9.59 Å². The van der Waals surface area contributed by atoms with Crippen LogP contribution in [-0.4, -0.2) is 48.4 Å². The fourth-order valence-electron chi connectivity index (χ4n) is 2.37. The van der Waals surface area contributed by atoms with Crippen molar-refractivity contribution in [3.8, 4) is 0 Å². The number of nitrogens with zero attached hydrogens (tertiary/aromatic N) is 1. The zero-order valence-electron chi connectivity index (χ0n) is 9.88. The number of amides is 2. The van der Waals surface area contributed by atoms with Crippen LogP contribution in [0.3, 0.4) is 0 Å². The summed E-state index contributed by atoms with van der Waals surface area (Å²) < 4.78 is 0. The third-order valence-electron chi connectivity index (χ3n) is 3.21. The molecule has 0 radical (unpaired) electrons. The average Bonchev–Trinajstić information content (AvgIpc) is 2.62. The largest absolute Gasteiger partial charge is 0.355 e. The van der Waals surface area contributed by atoms with Gasteiger partial charge in [-0.3, -0.25) is 9.59 Å². The Bertz CT molecular complexity index is 314. The van der Waals surface area contributed by atoms with Gasteiger partial charge < -0.3 is 15.5 Å². The van der Waals surface area contributed by atoms with Crippen molar-refractivity contribution >= 4 is 11.8 Å². The summed E-state index contributed by atoms with van der Waals surface area (Å²) in [4.78, 5) is 25.1. The van der Waals surface area contributed by atoms with Crippen LogP contribution in [0.5, 0.6) is 0 Å². The van der Waals surface area contributed by atoms with Crippen LogP contribution in [0.2, 0.25) is 0 Å². The van der Waals surface area contributed by atoms with Crippen LogP contribution in [0.25, 0.3) is 0 Å². The molecule has 90 valence electrons. The Hall–Kier alpha value is -1.10. The van der Waals surface area contributed by atoms with E-state index in [9.17, 15) is 9.59 Å². The van der Waals surface area contributed by atoms with Gasteiger partial charge in [0.15, 0.2) is 0 Å². The van der Waals surface area contributed by atoms with Crippen LogP contribution >= 0.6 is 0 Å². The van der Waals surface area contributed by atoms with E-state index in [1.54, 1.807) is 0 Å². The lowest BCUT2D eigenvalue weighted by molar-refractivity contribution is -0.137. The Balaban J connectivity index is 1.96. The van der Waals surface area contributed by atoms with Gasteiger partial charge in [-0.15, -0.1) is 0 Å². The Morgan fingerprint density at radius 1 is 1.50 bits per heavy atom. The van der Waals surface area contributed by atoms with Crippen molar-refractivity contribution in [1.82, 2.24) is 15.5 Å². The standard InChI is InChI=1S/C11H19N3O2/c1-11(2)7-14(4-3-13-11)10(16)8-5-9(15)12-6-8/h8,13H,3-7H2,1-2H3,(H,12,15). The zero-order valence-corrected chi connectivity index (χ0v) is 9.88. The maximum absolute atomic E-state index is 12.1. The number of rotatable bonds is 1. The van der Waals surface area contributed by atoms with E-state index in [-0.39, 0.29) is 23.3 Å². The highest BCUT2D eigenvalue weighted by Crippen LogP contribution is 2.17. The maximum Gasteiger partial charge on any atom is 0.228 e. The first kappa shape index (κ1) is 11.4. The number of piperazine rings is 1. The third kappa shape index (κ3) is 2.35. The normalized spacial score (nSPS) is 29.0. The average molecular weight is 225 g/mol. The minimum atomic E-state index is -0.151. The molecule has 2 N–H and O–H groups in total. The van der Waals surface area contributed by atoms with Crippen molar-refractivity contribution in [1.29, 1.82) is 0 Å². The highest BCUT2D eigenvalue weighted by Gasteiger charge is 2.35. The van der Waals surface area contributed by atoms with Gasteiger partial charge in [-0.25, -0.2) is 0 Å². The number of carbonyl (C=O) groups is 2. The SMILES string of the molecule is CC1(C)CN(C(=O)C2CNC(=O)C2)CCN1. The minimum absolute atomic E-state index is 0.00672. The van der Waals surface area contributed by atoms with Gasteiger partial charge in [0.25, 0.3) is 0 Å². The molecule has 0 aromatic carbocycles. The molecule has 2 aliphatic heterocycles. The molecule has 5 nitrogen and oxygen atoms in total. The molecule has 2 fully saturated rings. The fourth-order valence-corrected chi connectivity index (χ4v) is 2.37. The van der Waals surface area contributed by atoms with Crippen LogP contribution < -0.4 is 10.6 Å². The highest BCUT2D eigenvalue weighted by atomic mass is 16.2. The fraction of sp³-hybridized carbons (Fsp3) is 0.818. The second kappa shape index (κ2) is 4.05. The molecule has 2 amide bonds. The molecular formula is C11H19N3O2. The molecular weight excluding hydrogens is 206 g/mol. The molecule has 1 atom stereocenters. The first-order valence-electron chi connectivity index (χ1n) is 5.78. The summed E-state index contributed by atoms with van der Waals surface area (Å²) in [5.41, 5.74) is -0.0239. The van der Waals surface area contributed by atoms with Crippen molar-refractivity contribution < 1.29 is 9.59 Å². The highest BCUT2D eigenvalue weighted by molar-refractivity contribution is 5.89. The van der Waals surface area contributed by atoms with E-state index in [0.29, 0.717) is 13.0 Å². The van der Waals surface area contributed by atoms with Crippen LogP contribution in [0.15, 0.2) is 0 Å². The van der Waals surface area contributed by atoms with E-state index in [1.165, 1.54) is 0 Å². The molecule has 1 unspecified atom stereocenters. The molecule has 0 bridgehead atoms. The number of carbonyl (C=O) groups excluding carboxylic acids is 2. The van der Waals surface area contributed by atoms with Crippen LogP contribution in [0, 0.1) is 5.92 Å². The van der Waals surface area contributed by atoms with Crippen LogP contribution in [0.1, 0.15) is 20.3 Å². The summed E-state index contributed by atoms with van der Waals surface area (Å²) >= 11 is 0. The first-order chi connectivity index (χ1) is 7.48. The minimum Gasteiger partial charge on any atom is -0.355 e. The zero-order chi connectivity index (χ0) is 11.8. The van der Waals surface area contributed by atoms with Gasteiger partial charge in [0.05, 0.1) is 5.92 Å². The molecule has 2 aliphatic rings. The van der Waals surface area contributed by atoms with Crippen LogP contribution in [0.4, 0.5) is 0 Å². The lowest BCUT2D eigenvalue weighted by atomic mass is 9.99. The molecule has 16 heavy (non-hydrogen) atoms. The Morgan fingerprint density at radius 3 is 2.81 bits per heavy atom. The molecule has 0 saturated carbocycles. The van der Waals surface area contributed by atoms with Crippen molar-refractivity contribution in [2.45, 2.75) is 25.8 Å². The smallest absolute Gasteiger partial charge is 0.228 e. The molecule has 2 heterocycles. The van der Waals surface area contributed by atoms with Gasteiger partial charge >= 0.3 is 0 Å². The topological polar surface area (TPSA) is 61.4 Å².